The number of nitrogens with one attached hydrogen (secondary N) is 1. The van der Waals surface area contributed by atoms with Crippen LogP contribution in [0.5, 0.6) is 0 Å². The van der Waals surface area contributed by atoms with Crippen LogP contribution in [-0.2, 0) is 14.3 Å². The molecule has 192 valence electrons. The largest absolute Gasteiger partial charge is 0.467 e. The highest BCUT2D eigenvalue weighted by Gasteiger charge is 2.33. The summed E-state index contributed by atoms with van der Waals surface area (Å²) in [7, 11) is 1.33. The average molecular weight is 493 g/mol. The summed E-state index contributed by atoms with van der Waals surface area (Å²) in [5, 5.41) is 0. The van der Waals surface area contributed by atoms with Crippen molar-refractivity contribution in [1.82, 2.24) is 14.9 Å². The molecule has 0 bridgehead atoms. The Hall–Kier alpha value is -3.78. The third-order valence-corrected chi connectivity index (χ3v) is 5.22. The molecule has 1 aromatic heterocycles. The van der Waals surface area contributed by atoms with Crippen LogP contribution in [0.15, 0.2) is 59.9 Å². The Morgan fingerprint density at radius 1 is 1.22 bits per heavy atom. The van der Waals surface area contributed by atoms with Crippen molar-refractivity contribution in [3.8, 4) is 11.3 Å². The SMILES string of the molecule is C=Cc1cccc(-c2nc3ccccc3[nH]c2=O)c1.CC(C)C.COC(=O)C1CCCN1C(=O)CN. The van der Waals surface area contributed by atoms with E-state index in [4.69, 9.17) is 5.73 Å². The summed E-state index contributed by atoms with van der Waals surface area (Å²) in [6, 6.07) is 14.7. The van der Waals surface area contributed by atoms with Gasteiger partial charge in [-0.05, 0) is 42.5 Å². The topological polar surface area (TPSA) is 118 Å². The lowest BCUT2D eigenvalue weighted by atomic mass is 10.1. The van der Waals surface area contributed by atoms with Gasteiger partial charge < -0.3 is 20.4 Å². The first kappa shape index (κ1) is 28.5. The van der Waals surface area contributed by atoms with E-state index in [0.717, 1.165) is 34.5 Å². The Morgan fingerprint density at radius 2 is 1.92 bits per heavy atom. The van der Waals surface area contributed by atoms with Crippen LogP contribution in [0.2, 0.25) is 0 Å². The lowest BCUT2D eigenvalue weighted by Gasteiger charge is -2.21. The van der Waals surface area contributed by atoms with Crippen molar-refractivity contribution in [2.45, 2.75) is 39.7 Å². The number of aromatic nitrogens is 2. The second kappa shape index (κ2) is 13.9. The highest BCUT2D eigenvalue weighted by Crippen LogP contribution is 2.19. The molecule has 0 saturated carbocycles. The van der Waals surface area contributed by atoms with Crippen LogP contribution < -0.4 is 11.3 Å². The fourth-order valence-electron chi connectivity index (χ4n) is 3.60. The van der Waals surface area contributed by atoms with Gasteiger partial charge in [-0.1, -0.05) is 63.8 Å². The Bertz CT molecular complexity index is 1210. The van der Waals surface area contributed by atoms with Crippen molar-refractivity contribution in [3.05, 3.63) is 71.0 Å². The normalized spacial score (nSPS) is 14.4. The van der Waals surface area contributed by atoms with Gasteiger partial charge in [-0.25, -0.2) is 9.78 Å². The van der Waals surface area contributed by atoms with Gasteiger partial charge in [0.05, 0.1) is 24.7 Å². The van der Waals surface area contributed by atoms with Crippen LogP contribution in [-0.4, -0.2) is 53.0 Å². The molecule has 36 heavy (non-hydrogen) atoms. The maximum atomic E-state index is 12.1. The van der Waals surface area contributed by atoms with Gasteiger partial charge in [-0.2, -0.15) is 0 Å². The molecule has 1 aliphatic rings. The second-order valence-electron chi connectivity index (χ2n) is 8.97. The number of nitrogens with two attached hydrogens (primary N) is 1. The summed E-state index contributed by atoms with van der Waals surface area (Å²) in [6.07, 6.45) is 3.27. The number of fused-ring (bicyclic) bond motifs is 1. The van der Waals surface area contributed by atoms with E-state index >= 15 is 0 Å². The van der Waals surface area contributed by atoms with Gasteiger partial charge in [0.2, 0.25) is 5.91 Å². The molecule has 1 saturated heterocycles. The van der Waals surface area contributed by atoms with Crippen molar-refractivity contribution in [3.63, 3.8) is 0 Å². The quantitative estimate of drug-likeness (QED) is 0.532. The van der Waals surface area contributed by atoms with Crippen molar-refractivity contribution < 1.29 is 14.3 Å². The predicted octanol–water partition coefficient (Wildman–Crippen LogP) is 4.00. The molecular formula is C28H36N4O4. The Balaban J connectivity index is 0.000000234. The highest BCUT2D eigenvalue weighted by molar-refractivity contribution is 5.86. The van der Waals surface area contributed by atoms with Crippen LogP contribution in [0.25, 0.3) is 28.4 Å². The molecule has 1 amide bonds. The number of hydrogen-bond acceptors (Lipinski definition) is 6. The number of methoxy groups -OCH3 is 1. The van der Waals surface area contributed by atoms with Crippen LogP contribution >= 0.6 is 0 Å². The predicted molar refractivity (Wildman–Crippen MR) is 144 cm³/mol. The molecule has 2 heterocycles. The van der Waals surface area contributed by atoms with Crippen LogP contribution in [0.1, 0.15) is 39.2 Å². The molecule has 0 spiro atoms. The molecule has 1 unspecified atom stereocenters. The molecule has 0 radical (unpaired) electrons. The number of aromatic amines is 1. The van der Waals surface area contributed by atoms with Gasteiger partial charge >= 0.3 is 5.97 Å². The smallest absolute Gasteiger partial charge is 0.328 e. The summed E-state index contributed by atoms with van der Waals surface area (Å²) < 4.78 is 4.59. The van der Waals surface area contributed by atoms with E-state index < -0.39 is 6.04 Å². The number of para-hydroxylation sites is 2. The van der Waals surface area contributed by atoms with Crippen molar-refractivity contribution in [1.29, 1.82) is 0 Å². The van der Waals surface area contributed by atoms with E-state index in [-0.39, 0.29) is 24.0 Å². The van der Waals surface area contributed by atoms with Gasteiger partial charge in [0.25, 0.3) is 5.56 Å². The van der Waals surface area contributed by atoms with Gasteiger partial charge in [0.1, 0.15) is 11.7 Å². The molecular weight excluding hydrogens is 456 g/mol. The van der Waals surface area contributed by atoms with Gasteiger partial charge in [-0.15, -0.1) is 0 Å². The Kier molecular flexibility index (Phi) is 11.0. The van der Waals surface area contributed by atoms with Gasteiger partial charge in [-0.3, -0.25) is 9.59 Å². The summed E-state index contributed by atoms with van der Waals surface area (Å²) in [4.78, 5) is 43.3. The highest BCUT2D eigenvalue weighted by atomic mass is 16.5. The lowest BCUT2D eigenvalue weighted by Crippen LogP contribution is -2.43. The number of hydrogen-bond donors (Lipinski definition) is 2. The van der Waals surface area contributed by atoms with Crippen molar-refractivity contribution in [2.24, 2.45) is 11.7 Å². The molecule has 4 rings (SSSR count). The van der Waals surface area contributed by atoms with Crippen LogP contribution in [0.3, 0.4) is 0 Å². The number of nitrogens with zero attached hydrogens (tertiary/aromatic N) is 2. The van der Waals surface area contributed by atoms with Crippen molar-refractivity contribution in [2.75, 3.05) is 20.2 Å². The fraction of sp³-hybridized carbons (Fsp3) is 0.357. The summed E-state index contributed by atoms with van der Waals surface area (Å²) in [5.74, 6) is 0.298. The first-order valence-electron chi connectivity index (χ1n) is 12.0. The minimum atomic E-state index is -0.416. The maximum Gasteiger partial charge on any atom is 0.328 e. The molecule has 8 nitrogen and oxygen atoms in total. The van der Waals surface area contributed by atoms with E-state index in [2.05, 4.69) is 42.1 Å². The fourth-order valence-corrected chi connectivity index (χ4v) is 3.60. The molecule has 3 aromatic rings. The number of H-pyrrole nitrogens is 1. The minimum Gasteiger partial charge on any atom is -0.467 e. The van der Waals surface area contributed by atoms with Crippen LogP contribution in [0.4, 0.5) is 0 Å². The minimum absolute atomic E-state index is 0.0481. The van der Waals surface area contributed by atoms with Crippen LogP contribution in [0, 0.1) is 5.92 Å². The number of benzene rings is 2. The molecule has 1 atom stereocenters. The zero-order valence-corrected chi connectivity index (χ0v) is 21.5. The number of likely N-dealkylation sites (tertiary alicyclic amines) is 1. The zero-order chi connectivity index (χ0) is 26.7. The summed E-state index contributed by atoms with van der Waals surface area (Å²) in [5.41, 5.74) is 8.75. The number of rotatable bonds is 4. The molecule has 1 fully saturated rings. The number of amides is 1. The summed E-state index contributed by atoms with van der Waals surface area (Å²) >= 11 is 0. The first-order chi connectivity index (χ1) is 17.2. The second-order valence-corrected chi connectivity index (χ2v) is 8.97. The molecule has 1 aliphatic heterocycles. The average Bonchev–Trinajstić information content (AvgIpc) is 3.37. The van der Waals surface area contributed by atoms with Crippen molar-refractivity contribution >= 4 is 29.0 Å². The van der Waals surface area contributed by atoms with E-state index in [0.29, 0.717) is 18.7 Å². The monoisotopic (exact) mass is 492 g/mol. The lowest BCUT2D eigenvalue weighted by molar-refractivity contribution is -0.150. The van der Waals surface area contributed by atoms with E-state index in [9.17, 15) is 14.4 Å². The Labute approximate surface area is 212 Å². The number of carbonyl (C=O) groups excluding carboxylic acids is 2. The van der Waals surface area contributed by atoms with E-state index in [1.165, 1.54) is 12.0 Å². The number of carbonyl (C=O) groups is 2. The third kappa shape index (κ3) is 7.88. The van der Waals surface area contributed by atoms with Gasteiger partial charge in [0, 0.05) is 12.1 Å². The van der Waals surface area contributed by atoms with Gasteiger partial charge in [0.15, 0.2) is 0 Å². The molecule has 8 heteroatoms. The zero-order valence-electron chi connectivity index (χ0n) is 21.5. The van der Waals surface area contributed by atoms with E-state index in [1.807, 2.05) is 48.5 Å². The summed E-state index contributed by atoms with van der Waals surface area (Å²) in [6.45, 7) is 10.8. The third-order valence-electron chi connectivity index (χ3n) is 5.22. The Morgan fingerprint density at radius 3 is 2.56 bits per heavy atom. The molecule has 2 aromatic carbocycles. The molecule has 0 aliphatic carbocycles. The number of esters is 1. The maximum absolute atomic E-state index is 12.1. The standard InChI is InChI=1S/C16H12N2O.C8H14N2O3.C4H10/c1-2-11-6-5-7-12(10-11)15-16(19)18-14-9-4-3-8-13(14)17-15;1-13-8(12)6-3-2-4-10(6)7(11)5-9;1-4(2)3/h2-10H,1H2,(H,18,19);6H,2-5,9H2,1H3;4H,1-3H3. The number of ether oxygens (including phenoxy) is 1. The van der Waals surface area contributed by atoms with E-state index in [1.54, 1.807) is 6.08 Å². The first-order valence-corrected chi connectivity index (χ1v) is 12.0. The molecule has 3 N–H and O–H groups in total.